The number of pyridine rings is 2. The van der Waals surface area contributed by atoms with Gasteiger partial charge in [0.25, 0.3) is 11.8 Å². The van der Waals surface area contributed by atoms with Crippen LogP contribution in [0.2, 0.25) is 0 Å². The maximum Gasteiger partial charge on any atom is 0.256 e. The lowest BCUT2D eigenvalue weighted by Gasteiger charge is -2.27. The molecule has 2 aliphatic heterocycles. The largest absolute Gasteiger partial charge is 0.383 e. The summed E-state index contributed by atoms with van der Waals surface area (Å²) in [6, 6.07) is 27.9. The van der Waals surface area contributed by atoms with Gasteiger partial charge in [-0.15, -0.1) is 0 Å². The number of ether oxygens (including phenoxy) is 2. The Bertz CT molecular complexity index is 2130. The third-order valence-corrected chi connectivity index (χ3v) is 10.2. The van der Waals surface area contributed by atoms with E-state index in [-0.39, 0.29) is 11.8 Å². The lowest BCUT2D eigenvalue weighted by atomic mass is 10.0. The number of rotatable bonds is 13. The summed E-state index contributed by atoms with van der Waals surface area (Å²) in [4.78, 5) is 40.7. The smallest absolute Gasteiger partial charge is 0.256 e. The second-order valence-electron chi connectivity index (χ2n) is 13.6. The number of morpholine rings is 2. The summed E-state index contributed by atoms with van der Waals surface area (Å²) in [7, 11) is 0. The van der Waals surface area contributed by atoms with E-state index in [1.54, 1.807) is 0 Å². The molecule has 0 radical (unpaired) electrons. The lowest BCUT2D eigenvalue weighted by Crippen LogP contribution is -2.40. The van der Waals surface area contributed by atoms with Crippen molar-refractivity contribution in [1.29, 1.82) is 0 Å². The van der Waals surface area contributed by atoms with E-state index in [1.165, 1.54) is 0 Å². The summed E-state index contributed by atoms with van der Waals surface area (Å²) in [6.07, 6.45) is 0. The van der Waals surface area contributed by atoms with E-state index in [0.29, 0.717) is 76.8 Å². The van der Waals surface area contributed by atoms with Crippen LogP contribution in [-0.2, 0) is 9.47 Å². The molecule has 8 rings (SSSR count). The Labute approximate surface area is 314 Å². The Morgan fingerprint density at radius 2 is 0.889 bits per heavy atom. The second-order valence-corrected chi connectivity index (χ2v) is 13.6. The van der Waals surface area contributed by atoms with Crippen molar-refractivity contribution in [2.24, 2.45) is 0 Å². The number of amides is 2. The number of hydrogen-bond donors (Lipinski definition) is 4. The van der Waals surface area contributed by atoms with Crippen LogP contribution in [-0.4, -0.2) is 123 Å². The van der Waals surface area contributed by atoms with E-state index in [1.807, 2.05) is 82.6 Å². The van der Waals surface area contributed by atoms with Gasteiger partial charge in [0.15, 0.2) is 0 Å². The van der Waals surface area contributed by atoms with Crippen molar-refractivity contribution in [3.05, 3.63) is 96.1 Å². The van der Waals surface area contributed by atoms with Crippen molar-refractivity contribution in [3.63, 3.8) is 0 Å². The molecule has 0 aliphatic carbocycles. The summed E-state index contributed by atoms with van der Waals surface area (Å²) in [6.45, 7) is 9.16. The van der Waals surface area contributed by atoms with E-state index in [9.17, 15) is 9.59 Å². The van der Waals surface area contributed by atoms with Crippen LogP contribution in [0, 0.1) is 0 Å². The third kappa shape index (κ3) is 7.51. The van der Waals surface area contributed by atoms with Crippen molar-refractivity contribution in [1.82, 2.24) is 30.4 Å². The van der Waals surface area contributed by atoms with Crippen LogP contribution < -0.4 is 21.3 Å². The quantitative estimate of drug-likeness (QED) is 0.0978. The molecular weight excluding hydrogens is 681 g/mol. The number of hydrogen-bond acceptors (Lipinski definition) is 10. The first-order chi connectivity index (χ1) is 26.7. The van der Waals surface area contributed by atoms with Crippen molar-refractivity contribution < 1.29 is 19.1 Å². The maximum atomic E-state index is 13.5. The Kier molecular flexibility index (Phi) is 11.0. The predicted molar refractivity (Wildman–Crippen MR) is 215 cm³/mol. The van der Waals surface area contributed by atoms with E-state index in [0.717, 1.165) is 81.2 Å². The summed E-state index contributed by atoms with van der Waals surface area (Å²) < 4.78 is 10.9. The van der Waals surface area contributed by atoms with E-state index in [4.69, 9.17) is 19.4 Å². The highest BCUT2D eigenvalue weighted by molar-refractivity contribution is 6.15. The molecule has 0 saturated carbocycles. The topological polar surface area (TPSA) is 133 Å². The zero-order chi connectivity index (χ0) is 36.7. The van der Waals surface area contributed by atoms with Gasteiger partial charge in [-0.2, -0.15) is 0 Å². The standard InChI is InChI=1S/C42H46N8O4/c51-41(49-21-25-53-26-22-49)33-11-5-9-31-37(29-7-1-3-13-35(29)47-39(31)33)45-19-17-43-15-16-44-18-20-46-38-30-8-2-4-14-36(30)48-40-32(38)10-6-12-34(40)42(52)50-23-27-54-28-24-50/h1-14,43-44H,15-28H2,(H,45,47)(H,46,48). The predicted octanol–water partition coefficient (Wildman–Crippen LogP) is 4.74. The Morgan fingerprint density at radius 3 is 1.33 bits per heavy atom. The zero-order valence-electron chi connectivity index (χ0n) is 30.4. The molecule has 12 heteroatoms. The minimum atomic E-state index is -0.00502. The summed E-state index contributed by atoms with van der Waals surface area (Å²) in [5.74, 6) is -0.0100. The van der Waals surface area contributed by atoms with Crippen LogP contribution in [0.3, 0.4) is 0 Å². The Hall–Kier alpha value is -5.40. The molecule has 278 valence electrons. The van der Waals surface area contributed by atoms with E-state index >= 15 is 0 Å². The average Bonchev–Trinajstić information content (AvgIpc) is 3.23. The number of nitrogens with zero attached hydrogens (tertiary/aromatic N) is 4. The van der Waals surface area contributed by atoms with Crippen LogP contribution in [0.1, 0.15) is 20.7 Å². The number of benzene rings is 4. The van der Waals surface area contributed by atoms with Gasteiger partial charge < -0.3 is 40.5 Å². The second kappa shape index (κ2) is 16.7. The number of carbonyl (C=O) groups excluding carboxylic acids is 2. The molecule has 54 heavy (non-hydrogen) atoms. The fourth-order valence-electron chi connectivity index (χ4n) is 7.41. The molecule has 4 N–H and O–H groups in total. The molecule has 4 heterocycles. The number of fused-ring (bicyclic) bond motifs is 4. The van der Waals surface area contributed by atoms with Gasteiger partial charge in [0, 0.05) is 87.0 Å². The Balaban J connectivity index is 0.858. The van der Waals surface area contributed by atoms with Crippen LogP contribution in [0.25, 0.3) is 43.6 Å². The van der Waals surface area contributed by atoms with Crippen molar-refractivity contribution in [3.8, 4) is 0 Å². The van der Waals surface area contributed by atoms with Gasteiger partial charge >= 0.3 is 0 Å². The first-order valence-corrected chi connectivity index (χ1v) is 18.9. The normalized spacial score (nSPS) is 15.0. The van der Waals surface area contributed by atoms with E-state index in [2.05, 4.69) is 33.4 Å². The van der Waals surface area contributed by atoms with Crippen molar-refractivity contribution >= 4 is 66.8 Å². The number of aromatic nitrogens is 2. The van der Waals surface area contributed by atoms with E-state index < -0.39 is 0 Å². The van der Waals surface area contributed by atoms with Crippen molar-refractivity contribution in [2.45, 2.75) is 0 Å². The molecule has 0 bridgehead atoms. The Morgan fingerprint density at radius 1 is 0.500 bits per heavy atom. The van der Waals surface area contributed by atoms with Crippen LogP contribution >= 0.6 is 0 Å². The monoisotopic (exact) mass is 726 g/mol. The minimum Gasteiger partial charge on any atom is -0.383 e. The van der Waals surface area contributed by atoms with Gasteiger partial charge in [-0.25, -0.2) is 9.97 Å². The first-order valence-electron chi connectivity index (χ1n) is 18.9. The van der Waals surface area contributed by atoms with Crippen LogP contribution in [0.5, 0.6) is 0 Å². The maximum absolute atomic E-state index is 13.5. The zero-order valence-corrected chi connectivity index (χ0v) is 30.4. The number of nitrogens with one attached hydrogen (secondary N) is 4. The molecule has 2 amide bonds. The molecule has 4 aromatic carbocycles. The highest BCUT2D eigenvalue weighted by atomic mass is 16.5. The lowest BCUT2D eigenvalue weighted by molar-refractivity contribution is 0.0302. The SMILES string of the molecule is O=C(c1cccc2c(NCCNCCNCCNc3c4ccccc4nc4c(C(=O)N5CCOCC5)cccc34)c3ccccc3nc12)N1CCOCC1. The number of para-hydroxylation sites is 4. The molecule has 2 saturated heterocycles. The highest BCUT2D eigenvalue weighted by Crippen LogP contribution is 2.34. The molecule has 2 aromatic heterocycles. The van der Waals surface area contributed by atoms with Gasteiger partial charge in [-0.05, 0) is 24.3 Å². The van der Waals surface area contributed by atoms with Crippen LogP contribution in [0.4, 0.5) is 11.4 Å². The fourth-order valence-corrected chi connectivity index (χ4v) is 7.41. The number of anilines is 2. The first kappa shape index (κ1) is 35.6. The van der Waals surface area contributed by atoms with Gasteiger partial charge in [0.1, 0.15) is 0 Å². The van der Waals surface area contributed by atoms with Gasteiger partial charge in [0.2, 0.25) is 0 Å². The van der Waals surface area contributed by atoms with Crippen LogP contribution in [0.15, 0.2) is 84.9 Å². The molecule has 12 nitrogen and oxygen atoms in total. The molecule has 0 atom stereocenters. The third-order valence-electron chi connectivity index (χ3n) is 10.2. The molecule has 2 fully saturated rings. The molecule has 0 spiro atoms. The molecule has 6 aromatic rings. The molecular formula is C42H46N8O4. The summed E-state index contributed by atoms with van der Waals surface area (Å²) >= 11 is 0. The molecule has 0 unspecified atom stereocenters. The van der Waals surface area contributed by atoms with Gasteiger partial charge in [-0.3, -0.25) is 9.59 Å². The average molecular weight is 727 g/mol. The summed E-state index contributed by atoms with van der Waals surface area (Å²) in [5, 5.41) is 18.3. The van der Waals surface area contributed by atoms with Gasteiger partial charge in [-0.1, -0.05) is 60.7 Å². The minimum absolute atomic E-state index is 0.00502. The summed E-state index contributed by atoms with van der Waals surface area (Å²) in [5.41, 5.74) is 6.38. The highest BCUT2D eigenvalue weighted by Gasteiger charge is 2.24. The van der Waals surface area contributed by atoms with Crippen molar-refractivity contribution in [2.75, 3.05) is 103 Å². The number of carbonyl (C=O) groups is 2. The molecule has 2 aliphatic rings. The van der Waals surface area contributed by atoms with Gasteiger partial charge in [0.05, 0.1) is 71.0 Å². The fraction of sp³-hybridized carbons (Fsp3) is 0.333.